The lowest BCUT2D eigenvalue weighted by Gasteiger charge is -2.34. The van der Waals surface area contributed by atoms with E-state index in [1.54, 1.807) is 6.07 Å². The molecule has 0 atom stereocenters. The number of carbonyl (C=O) groups excluding carboxylic acids is 1. The van der Waals surface area contributed by atoms with Crippen molar-refractivity contribution in [3.8, 4) is 10.4 Å². The van der Waals surface area contributed by atoms with Crippen molar-refractivity contribution in [1.29, 1.82) is 0 Å². The van der Waals surface area contributed by atoms with E-state index in [2.05, 4.69) is 9.97 Å². The molecule has 0 bridgehead atoms. The van der Waals surface area contributed by atoms with E-state index in [0.717, 1.165) is 11.3 Å². The van der Waals surface area contributed by atoms with E-state index in [1.165, 1.54) is 27.1 Å². The average molecular weight is 382 g/mol. The maximum Gasteiger partial charge on any atom is 0.328 e. The third kappa shape index (κ3) is 2.90. The molecule has 136 valence electrons. The maximum atomic E-state index is 12.9. The van der Waals surface area contributed by atoms with Gasteiger partial charge in [0.2, 0.25) is 5.91 Å². The number of alkyl halides is 3. The molecule has 1 aliphatic rings. The molecule has 0 radical (unpaired) electrons. The minimum Gasteiger partial charge on any atom is -0.335 e. The van der Waals surface area contributed by atoms with E-state index in [4.69, 9.17) is 0 Å². The second-order valence-electron chi connectivity index (χ2n) is 6.05. The molecule has 1 fully saturated rings. The molecule has 26 heavy (non-hydrogen) atoms. The number of hydrogen-bond donors (Lipinski definition) is 1. The molecule has 0 aromatic carbocycles. The molecule has 3 aromatic rings. The molecule has 0 aliphatic carbocycles. The van der Waals surface area contributed by atoms with Gasteiger partial charge in [0.05, 0.1) is 18.6 Å². The van der Waals surface area contributed by atoms with Gasteiger partial charge in [-0.3, -0.25) is 14.3 Å². The summed E-state index contributed by atoms with van der Waals surface area (Å²) in [7, 11) is 0. The van der Waals surface area contributed by atoms with Crippen molar-refractivity contribution < 1.29 is 18.0 Å². The highest BCUT2D eigenvalue weighted by atomic mass is 32.1. The van der Waals surface area contributed by atoms with Gasteiger partial charge >= 0.3 is 5.69 Å². The molecule has 1 aliphatic heterocycles. The van der Waals surface area contributed by atoms with Crippen LogP contribution in [0.3, 0.4) is 0 Å². The zero-order valence-electron chi connectivity index (χ0n) is 13.3. The second kappa shape index (κ2) is 6.27. The fraction of sp³-hybridized carbons (Fsp3) is 0.312. The highest BCUT2D eigenvalue weighted by molar-refractivity contribution is 7.13. The number of imidazole rings is 1. The molecule has 0 spiro atoms. The van der Waals surface area contributed by atoms with Crippen molar-refractivity contribution in [3.63, 3.8) is 0 Å². The highest BCUT2D eigenvalue weighted by Gasteiger charge is 2.30. The second-order valence-corrected chi connectivity index (χ2v) is 6.96. The Morgan fingerprint density at radius 3 is 2.81 bits per heavy atom. The van der Waals surface area contributed by atoms with E-state index in [-0.39, 0.29) is 31.1 Å². The van der Waals surface area contributed by atoms with Crippen LogP contribution in [0.4, 0.5) is 13.2 Å². The minimum atomic E-state index is -2.56. The van der Waals surface area contributed by atoms with Gasteiger partial charge in [-0.25, -0.2) is 22.9 Å². The van der Waals surface area contributed by atoms with Crippen molar-refractivity contribution in [2.45, 2.75) is 19.1 Å². The summed E-state index contributed by atoms with van der Waals surface area (Å²) in [6, 6.07) is 3.00. The first kappa shape index (κ1) is 16.8. The fourth-order valence-electron chi connectivity index (χ4n) is 2.81. The van der Waals surface area contributed by atoms with Crippen LogP contribution in [0.25, 0.3) is 21.6 Å². The minimum absolute atomic E-state index is 0.0328. The Balaban J connectivity index is 1.68. The summed E-state index contributed by atoms with van der Waals surface area (Å²) >= 11 is 1.15. The molecule has 1 N–H and O–H groups in total. The van der Waals surface area contributed by atoms with Crippen LogP contribution in [0.15, 0.2) is 28.5 Å². The first-order chi connectivity index (χ1) is 12.4. The number of aromatic nitrogens is 3. The van der Waals surface area contributed by atoms with Crippen LogP contribution >= 0.6 is 11.3 Å². The van der Waals surface area contributed by atoms with Crippen molar-refractivity contribution in [3.05, 3.63) is 39.8 Å². The topological polar surface area (TPSA) is 71.0 Å². The third-order valence-electron chi connectivity index (χ3n) is 4.27. The monoisotopic (exact) mass is 382 g/mol. The molecule has 0 saturated carbocycles. The number of H-pyrrole nitrogens is 1. The van der Waals surface area contributed by atoms with Gasteiger partial charge in [-0.05, 0) is 12.1 Å². The number of nitrogens with zero attached hydrogens (tertiary/aromatic N) is 3. The van der Waals surface area contributed by atoms with Crippen LogP contribution in [0.5, 0.6) is 0 Å². The van der Waals surface area contributed by atoms with E-state index in [1.807, 2.05) is 0 Å². The lowest BCUT2D eigenvalue weighted by molar-refractivity contribution is -0.138. The first-order valence-electron chi connectivity index (χ1n) is 7.79. The summed E-state index contributed by atoms with van der Waals surface area (Å²) in [5.41, 5.74) is 0.678. The SMILES string of the molecule is O=C(Cn1c(=O)[nH]c2ncc(-c3cc(C(F)F)cs3)cc21)N1CC(F)C1. The Bertz CT molecular complexity index is 1040. The molecule has 1 saturated heterocycles. The summed E-state index contributed by atoms with van der Waals surface area (Å²) in [6.07, 6.45) is -2.10. The van der Waals surface area contributed by atoms with Gasteiger partial charge in [0.1, 0.15) is 12.7 Å². The molecule has 3 aromatic heterocycles. The number of likely N-dealkylation sites (tertiary alicyclic amines) is 1. The van der Waals surface area contributed by atoms with E-state index in [0.29, 0.717) is 21.6 Å². The van der Waals surface area contributed by atoms with E-state index >= 15 is 0 Å². The molecule has 0 unspecified atom stereocenters. The van der Waals surface area contributed by atoms with E-state index < -0.39 is 18.3 Å². The molecule has 6 nitrogen and oxygen atoms in total. The Hall–Kier alpha value is -2.62. The normalized spacial score (nSPS) is 15.0. The van der Waals surface area contributed by atoms with Gasteiger partial charge in [-0.1, -0.05) is 0 Å². The number of pyridine rings is 1. The molecular weight excluding hydrogens is 369 g/mol. The van der Waals surface area contributed by atoms with Gasteiger partial charge in [0.25, 0.3) is 6.43 Å². The Morgan fingerprint density at radius 1 is 1.38 bits per heavy atom. The van der Waals surface area contributed by atoms with Crippen LogP contribution in [0.1, 0.15) is 12.0 Å². The average Bonchev–Trinajstić information content (AvgIpc) is 3.17. The molecule has 4 heterocycles. The van der Waals surface area contributed by atoms with Crippen LogP contribution in [-0.4, -0.2) is 44.6 Å². The first-order valence-corrected chi connectivity index (χ1v) is 8.67. The summed E-state index contributed by atoms with van der Waals surface area (Å²) < 4.78 is 39.7. The Labute approximate surface area is 148 Å². The Kier molecular flexibility index (Phi) is 4.06. The number of aromatic amines is 1. The van der Waals surface area contributed by atoms with Crippen molar-refractivity contribution in [2.75, 3.05) is 13.1 Å². The van der Waals surface area contributed by atoms with E-state index in [9.17, 15) is 22.8 Å². The number of nitrogens with one attached hydrogen (secondary N) is 1. The van der Waals surface area contributed by atoms with Crippen molar-refractivity contribution in [2.24, 2.45) is 0 Å². The van der Waals surface area contributed by atoms with Crippen LogP contribution < -0.4 is 5.69 Å². The third-order valence-corrected chi connectivity index (χ3v) is 5.27. The van der Waals surface area contributed by atoms with Crippen molar-refractivity contribution >= 4 is 28.4 Å². The predicted octanol–water partition coefficient (Wildman–Crippen LogP) is 2.57. The summed E-state index contributed by atoms with van der Waals surface area (Å²) in [6.45, 7) is -0.167. The van der Waals surface area contributed by atoms with Crippen LogP contribution in [0.2, 0.25) is 0 Å². The number of rotatable bonds is 4. The standard InChI is InChI=1S/C16H13F3N4O2S/c17-10-4-22(5-10)13(24)6-23-11-1-8(3-20-15(11)21-16(23)25)12-2-9(7-26-12)14(18)19/h1-3,7,10,14H,4-6H2,(H,20,21,25). The largest absolute Gasteiger partial charge is 0.335 e. The van der Waals surface area contributed by atoms with Gasteiger partial charge in [0.15, 0.2) is 5.65 Å². The molecule has 4 rings (SSSR count). The van der Waals surface area contributed by atoms with Crippen LogP contribution in [0, 0.1) is 0 Å². The number of amides is 1. The quantitative estimate of drug-likeness (QED) is 0.754. The smallest absolute Gasteiger partial charge is 0.328 e. The lowest BCUT2D eigenvalue weighted by Crippen LogP contribution is -2.52. The number of carbonyl (C=O) groups is 1. The fourth-order valence-corrected chi connectivity index (χ4v) is 3.69. The van der Waals surface area contributed by atoms with Crippen molar-refractivity contribution in [1.82, 2.24) is 19.4 Å². The van der Waals surface area contributed by atoms with Gasteiger partial charge < -0.3 is 4.90 Å². The number of fused-ring (bicyclic) bond motifs is 1. The van der Waals surface area contributed by atoms with Crippen LogP contribution in [-0.2, 0) is 11.3 Å². The summed E-state index contributed by atoms with van der Waals surface area (Å²) in [4.78, 5) is 32.9. The molecule has 10 heteroatoms. The zero-order chi connectivity index (χ0) is 18.4. The zero-order valence-corrected chi connectivity index (χ0v) is 14.1. The lowest BCUT2D eigenvalue weighted by atomic mass is 10.2. The van der Waals surface area contributed by atoms with Gasteiger partial charge in [-0.15, -0.1) is 11.3 Å². The van der Waals surface area contributed by atoms with Gasteiger partial charge in [-0.2, -0.15) is 0 Å². The molecular formula is C16H13F3N4O2S. The number of hydrogen-bond acceptors (Lipinski definition) is 4. The van der Waals surface area contributed by atoms with Gasteiger partial charge in [0, 0.05) is 27.6 Å². The number of halogens is 3. The molecule has 1 amide bonds. The summed E-state index contributed by atoms with van der Waals surface area (Å²) in [5, 5.41) is 1.37. The summed E-state index contributed by atoms with van der Waals surface area (Å²) in [5.74, 6) is -0.358. The number of thiophene rings is 1. The highest BCUT2D eigenvalue weighted by Crippen LogP contribution is 2.32. The maximum absolute atomic E-state index is 12.9. The Morgan fingerprint density at radius 2 is 2.15 bits per heavy atom. The predicted molar refractivity (Wildman–Crippen MR) is 90.1 cm³/mol.